The van der Waals surface area contributed by atoms with Crippen LogP contribution in [-0.2, 0) is 6.54 Å². The number of rotatable bonds is 12. The standard InChI is InChI=1S/C26H32FN3O2/c1-4-6-12-23(31)18-29(17-5-2)19-25-20(3)28-30(22-10-8-7-9-11-22)26(25)32-24-15-13-21(27)14-16-24/h4,7-11,13-16,23,31H,1,5-6,12,17-19H2,2-3H3/t23-/m0/s1. The molecule has 0 fully saturated rings. The van der Waals surface area contributed by atoms with Crippen molar-refractivity contribution in [3.05, 3.63) is 84.3 Å². The molecule has 0 saturated heterocycles. The molecule has 0 aliphatic rings. The number of allylic oxidation sites excluding steroid dienone is 1. The van der Waals surface area contributed by atoms with E-state index >= 15 is 0 Å². The fourth-order valence-electron chi connectivity index (χ4n) is 3.66. The van der Waals surface area contributed by atoms with Crippen LogP contribution in [0.2, 0.25) is 0 Å². The van der Waals surface area contributed by atoms with Crippen molar-refractivity contribution in [2.75, 3.05) is 13.1 Å². The van der Waals surface area contributed by atoms with Crippen molar-refractivity contribution in [2.24, 2.45) is 0 Å². The highest BCUT2D eigenvalue weighted by Gasteiger charge is 2.22. The van der Waals surface area contributed by atoms with Crippen LogP contribution in [0, 0.1) is 12.7 Å². The molecule has 1 N–H and O–H groups in total. The van der Waals surface area contributed by atoms with Gasteiger partial charge in [0.1, 0.15) is 11.6 Å². The van der Waals surface area contributed by atoms with Crippen molar-refractivity contribution in [1.29, 1.82) is 0 Å². The summed E-state index contributed by atoms with van der Waals surface area (Å²) < 4.78 is 21.4. The van der Waals surface area contributed by atoms with E-state index in [1.807, 2.05) is 43.3 Å². The number of hydrogen-bond donors (Lipinski definition) is 1. The van der Waals surface area contributed by atoms with E-state index in [1.165, 1.54) is 12.1 Å². The fourth-order valence-corrected chi connectivity index (χ4v) is 3.66. The summed E-state index contributed by atoms with van der Waals surface area (Å²) in [6.07, 6.45) is 3.84. The first kappa shape index (κ1) is 23.7. The van der Waals surface area contributed by atoms with Crippen molar-refractivity contribution >= 4 is 0 Å². The minimum atomic E-state index is -0.425. The molecule has 0 aliphatic carbocycles. The lowest BCUT2D eigenvalue weighted by Crippen LogP contribution is -2.33. The van der Waals surface area contributed by atoms with Gasteiger partial charge in [0.05, 0.1) is 23.0 Å². The van der Waals surface area contributed by atoms with Gasteiger partial charge in [-0.1, -0.05) is 31.2 Å². The minimum absolute atomic E-state index is 0.312. The van der Waals surface area contributed by atoms with E-state index in [4.69, 9.17) is 9.84 Å². The molecule has 2 aromatic carbocycles. The van der Waals surface area contributed by atoms with E-state index in [0.717, 1.165) is 36.3 Å². The molecule has 170 valence electrons. The fraction of sp³-hybridized carbons (Fsp3) is 0.346. The first-order valence-corrected chi connectivity index (χ1v) is 11.1. The first-order valence-electron chi connectivity index (χ1n) is 11.1. The monoisotopic (exact) mass is 437 g/mol. The number of ether oxygens (including phenoxy) is 1. The van der Waals surface area contributed by atoms with Crippen LogP contribution in [0.25, 0.3) is 5.69 Å². The summed E-state index contributed by atoms with van der Waals surface area (Å²) in [4.78, 5) is 2.23. The molecule has 3 aromatic rings. The van der Waals surface area contributed by atoms with E-state index in [0.29, 0.717) is 31.1 Å². The van der Waals surface area contributed by atoms with Crippen molar-refractivity contribution in [2.45, 2.75) is 45.8 Å². The van der Waals surface area contributed by atoms with Crippen LogP contribution in [0.1, 0.15) is 37.4 Å². The molecule has 1 heterocycles. The molecule has 0 radical (unpaired) electrons. The molecule has 1 atom stereocenters. The molecule has 32 heavy (non-hydrogen) atoms. The zero-order valence-electron chi connectivity index (χ0n) is 18.9. The molecule has 5 nitrogen and oxygen atoms in total. The van der Waals surface area contributed by atoms with Gasteiger partial charge in [0, 0.05) is 13.1 Å². The molecule has 0 amide bonds. The molecule has 0 aliphatic heterocycles. The van der Waals surface area contributed by atoms with Crippen molar-refractivity contribution < 1.29 is 14.2 Å². The van der Waals surface area contributed by atoms with Gasteiger partial charge in [-0.15, -0.1) is 6.58 Å². The maximum atomic E-state index is 13.4. The summed E-state index contributed by atoms with van der Waals surface area (Å²) >= 11 is 0. The Balaban J connectivity index is 1.94. The van der Waals surface area contributed by atoms with Crippen LogP contribution in [-0.4, -0.2) is 39.0 Å². The number of aliphatic hydroxyl groups excluding tert-OH is 1. The zero-order chi connectivity index (χ0) is 22.9. The zero-order valence-corrected chi connectivity index (χ0v) is 18.9. The third-order valence-corrected chi connectivity index (χ3v) is 5.26. The minimum Gasteiger partial charge on any atom is -0.439 e. The van der Waals surface area contributed by atoms with Crippen LogP contribution in [0.15, 0.2) is 67.3 Å². The number of aryl methyl sites for hydroxylation is 1. The number of aromatic nitrogens is 2. The molecule has 3 rings (SSSR count). The molecular formula is C26H32FN3O2. The smallest absolute Gasteiger partial charge is 0.227 e. The second-order valence-electron chi connectivity index (χ2n) is 7.93. The van der Waals surface area contributed by atoms with Gasteiger partial charge in [-0.05, 0) is 69.1 Å². The van der Waals surface area contributed by atoms with Gasteiger partial charge in [-0.3, -0.25) is 4.90 Å². The Morgan fingerprint density at radius 3 is 2.56 bits per heavy atom. The summed E-state index contributed by atoms with van der Waals surface area (Å²) in [5, 5.41) is 15.2. The lowest BCUT2D eigenvalue weighted by Gasteiger charge is -2.25. The lowest BCUT2D eigenvalue weighted by molar-refractivity contribution is 0.102. The van der Waals surface area contributed by atoms with Gasteiger partial charge in [-0.2, -0.15) is 5.10 Å². The highest BCUT2D eigenvalue weighted by molar-refractivity contribution is 5.43. The number of hydrogen-bond acceptors (Lipinski definition) is 4. The van der Waals surface area contributed by atoms with E-state index in [2.05, 4.69) is 18.4 Å². The lowest BCUT2D eigenvalue weighted by atomic mass is 10.1. The van der Waals surface area contributed by atoms with Crippen LogP contribution in [0.4, 0.5) is 4.39 Å². The molecule has 0 saturated carbocycles. The molecule has 0 spiro atoms. The number of nitrogens with zero attached hydrogens (tertiary/aromatic N) is 3. The largest absolute Gasteiger partial charge is 0.439 e. The van der Waals surface area contributed by atoms with E-state index in [-0.39, 0.29) is 5.82 Å². The quantitative estimate of drug-likeness (QED) is 0.372. The third kappa shape index (κ3) is 6.28. The highest BCUT2D eigenvalue weighted by Crippen LogP contribution is 2.32. The SMILES string of the molecule is C=CCC[C@H](O)CN(CCC)Cc1c(C)nn(-c2ccccc2)c1Oc1ccc(F)cc1. The Kier molecular flexibility index (Phi) is 8.59. The summed E-state index contributed by atoms with van der Waals surface area (Å²) in [5.41, 5.74) is 2.68. The van der Waals surface area contributed by atoms with Gasteiger partial charge in [-0.25, -0.2) is 9.07 Å². The second kappa shape index (κ2) is 11.6. The van der Waals surface area contributed by atoms with Gasteiger partial charge in [0.25, 0.3) is 0 Å². The van der Waals surface area contributed by atoms with Crippen molar-refractivity contribution in [3.63, 3.8) is 0 Å². The van der Waals surface area contributed by atoms with E-state index in [1.54, 1.807) is 16.8 Å². The summed E-state index contributed by atoms with van der Waals surface area (Å²) in [5.74, 6) is 0.827. The first-order chi connectivity index (χ1) is 15.5. The van der Waals surface area contributed by atoms with Crippen LogP contribution in [0.3, 0.4) is 0 Å². The Morgan fingerprint density at radius 2 is 1.91 bits per heavy atom. The predicted molar refractivity (Wildman–Crippen MR) is 126 cm³/mol. The predicted octanol–water partition coefficient (Wildman–Crippen LogP) is 5.65. The molecule has 0 bridgehead atoms. The number of para-hydroxylation sites is 1. The number of benzene rings is 2. The molecule has 1 aromatic heterocycles. The van der Waals surface area contributed by atoms with Gasteiger partial charge in [0.15, 0.2) is 0 Å². The maximum Gasteiger partial charge on any atom is 0.227 e. The molecular weight excluding hydrogens is 405 g/mol. The average Bonchev–Trinajstić information content (AvgIpc) is 3.09. The van der Waals surface area contributed by atoms with Crippen LogP contribution in [0.5, 0.6) is 11.6 Å². The van der Waals surface area contributed by atoms with E-state index < -0.39 is 6.10 Å². The van der Waals surface area contributed by atoms with Crippen molar-refractivity contribution in [1.82, 2.24) is 14.7 Å². The summed E-state index contributed by atoms with van der Waals surface area (Å²) in [6, 6.07) is 15.8. The normalized spacial score (nSPS) is 12.2. The summed E-state index contributed by atoms with van der Waals surface area (Å²) in [6.45, 7) is 9.83. The molecule has 6 heteroatoms. The van der Waals surface area contributed by atoms with Crippen LogP contribution >= 0.6 is 0 Å². The maximum absolute atomic E-state index is 13.4. The highest BCUT2D eigenvalue weighted by atomic mass is 19.1. The summed E-state index contributed by atoms with van der Waals surface area (Å²) in [7, 11) is 0. The second-order valence-corrected chi connectivity index (χ2v) is 7.93. The number of halogens is 1. The van der Waals surface area contributed by atoms with E-state index in [9.17, 15) is 9.50 Å². The Hall–Kier alpha value is -2.96. The third-order valence-electron chi connectivity index (χ3n) is 5.26. The molecule has 0 unspecified atom stereocenters. The van der Waals surface area contributed by atoms with Crippen LogP contribution < -0.4 is 4.74 Å². The van der Waals surface area contributed by atoms with Crippen molar-refractivity contribution in [3.8, 4) is 17.3 Å². The van der Waals surface area contributed by atoms with Gasteiger partial charge in [0.2, 0.25) is 5.88 Å². The average molecular weight is 438 g/mol. The Morgan fingerprint density at radius 1 is 1.19 bits per heavy atom. The Bertz CT molecular complexity index is 986. The topological polar surface area (TPSA) is 50.5 Å². The number of aliphatic hydroxyl groups is 1. The Labute approximate surface area is 189 Å². The van der Waals surface area contributed by atoms with Gasteiger partial charge < -0.3 is 9.84 Å². The van der Waals surface area contributed by atoms with Gasteiger partial charge >= 0.3 is 0 Å².